The van der Waals surface area contributed by atoms with Crippen LogP contribution in [0.15, 0.2) is 97.5 Å². The van der Waals surface area contributed by atoms with Gasteiger partial charge in [0, 0.05) is 84.5 Å². The molecule has 0 saturated carbocycles. The third-order valence-corrected chi connectivity index (χ3v) is 20.1. The number of esters is 1. The van der Waals surface area contributed by atoms with Crippen LogP contribution in [0.1, 0.15) is 117 Å². The fourth-order valence-corrected chi connectivity index (χ4v) is 13.8. The van der Waals surface area contributed by atoms with Crippen LogP contribution in [-0.4, -0.2) is 177 Å². The SMILES string of the molecule is COC(=O)N[C@H](C(=O)N[C@@H](Cc1ccc(C#Cc2cnc(N3CC4CCC(C3)N4C3COC3)nc2)cc1)[C@H](CN(Cc1c(F)cc(-c2ccn(C(F)F)n2)cc1F)NC(=O)[C@@H](NC(=O)OC)C(C)(C)C(F)(F)F)OC(=O)CC(C)(C)c1c(CC(=O)NCc2ccc(C#N)cc2)cc(C)cc1OP(=O)(O)O)C(C)(C)C(F)(F)F. The summed E-state index contributed by atoms with van der Waals surface area (Å²) in [5.41, 5.74) is -6.59. The smallest absolute Gasteiger partial charge is 0.459 e. The summed E-state index contributed by atoms with van der Waals surface area (Å²) >= 11 is 0. The number of hydrazine groups is 1. The van der Waals surface area contributed by atoms with Gasteiger partial charge in [0.15, 0.2) is 0 Å². The van der Waals surface area contributed by atoms with Gasteiger partial charge in [0.25, 0.3) is 5.91 Å². The Morgan fingerprint density at radius 3 is 1.81 bits per heavy atom. The largest absolute Gasteiger partial charge is 0.524 e. The number of carbonyl (C=O) groups excluding carboxylic acids is 6. The highest BCUT2D eigenvalue weighted by Crippen LogP contribution is 2.47. The molecule has 6 atom stereocenters. The van der Waals surface area contributed by atoms with Gasteiger partial charge in [-0.3, -0.25) is 39.3 Å². The van der Waals surface area contributed by atoms with E-state index in [1.54, 1.807) is 17.4 Å². The van der Waals surface area contributed by atoms with Crippen molar-refractivity contribution in [3.63, 3.8) is 0 Å². The van der Waals surface area contributed by atoms with Gasteiger partial charge in [-0.2, -0.15) is 45.5 Å². The number of aromatic nitrogens is 4. The Balaban J connectivity index is 1.16. The molecule has 3 saturated heterocycles. The highest BCUT2D eigenvalue weighted by atomic mass is 31.2. The summed E-state index contributed by atoms with van der Waals surface area (Å²) < 4.78 is 192. The maximum absolute atomic E-state index is 16.9. The molecule has 112 heavy (non-hydrogen) atoms. The van der Waals surface area contributed by atoms with Crippen molar-refractivity contribution >= 4 is 49.6 Å². The standard InChI is InChI=1S/C74H82F10N13O14P/c1-41-24-48(29-59(98)86-32-45-17-15-44(31-85)16-18-45)61(57(25-41)111-112(104,105)106)70(2,3)30-60(99)110-58(38-95(93-65(101)63(91-69(103)108-9)72(6,7)74(82,83)84)37-52-53(75)27-47(28-54(52)76)55-22-23-96(92-55)66(77)78)56(89-64(100)62(90-68(102)107-8)71(4,5)73(79,80)81)26-43-13-10-42(11-14-43)12-19-46-33-87-67(88-34-46)94-35-49-20-21-50(36-94)97(49)51-39-109-40-51/h10-11,13-18,22-25,27-28,33-34,49-51,56,58,62-63,66H,20-21,26,29-30,32,35-40H2,1-9H3,(H,86,98)(H,89,100)(H,90,102)(H,91,103)(H,93,101)(H2,104,105,106)/t49?,50?,56-,58-,62+,63+/m0/s1. The lowest BCUT2D eigenvalue weighted by molar-refractivity contribution is -0.221. The molecule has 38 heteroatoms. The highest BCUT2D eigenvalue weighted by molar-refractivity contribution is 7.46. The average molecular weight is 1600 g/mol. The lowest BCUT2D eigenvalue weighted by Crippen LogP contribution is -2.64. The second-order valence-electron chi connectivity index (χ2n) is 29.0. The van der Waals surface area contributed by atoms with Crippen molar-refractivity contribution in [3.8, 4) is 34.9 Å². The lowest BCUT2D eigenvalue weighted by atomic mass is 9.77. The molecule has 9 rings (SSSR count). The van der Waals surface area contributed by atoms with Gasteiger partial charge in [-0.25, -0.2) is 42.6 Å². The van der Waals surface area contributed by atoms with Crippen LogP contribution in [0.25, 0.3) is 11.3 Å². The first-order valence-electron chi connectivity index (χ1n) is 34.8. The van der Waals surface area contributed by atoms with Gasteiger partial charge in [0.1, 0.15) is 35.6 Å². The quantitative estimate of drug-likeness (QED) is 0.00574. The molecular weight excluding hydrogens is 1520 g/mol. The third kappa shape index (κ3) is 21.2. The van der Waals surface area contributed by atoms with Crippen LogP contribution in [0, 0.1) is 52.6 Å². The van der Waals surface area contributed by atoms with Gasteiger partial charge in [-0.1, -0.05) is 56.0 Å². The van der Waals surface area contributed by atoms with Crippen molar-refractivity contribution in [2.24, 2.45) is 10.8 Å². The Morgan fingerprint density at radius 1 is 0.741 bits per heavy atom. The van der Waals surface area contributed by atoms with Crippen LogP contribution in [0.2, 0.25) is 0 Å². The zero-order chi connectivity index (χ0) is 82.2. The second kappa shape index (κ2) is 35.1. The summed E-state index contributed by atoms with van der Waals surface area (Å²) in [7, 11) is -4.05. The number of nitrogens with zero attached hydrogens (tertiary/aromatic N) is 8. The van der Waals surface area contributed by atoms with Crippen LogP contribution < -0.4 is 36.1 Å². The molecule has 3 aliphatic rings. The predicted molar refractivity (Wildman–Crippen MR) is 379 cm³/mol. The molecule has 602 valence electrons. The molecule has 4 aromatic carbocycles. The van der Waals surface area contributed by atoms with Gasteiger partial charge in [-0.05, 0) is 125 Å². The lowest BCUT2D eigenvalue weighted by Gasteiger charge is -2.47. The van der Waals surface area contributed by atoms with E-state index in [2.05, 4.69) is 62.2 Å². The van der Waals surface area contributed by atoms with E-state index in [1.165, 1.54) is 81.7 Å². The fraction of sp³-hybridized carbons (Fsp3) is 0.459. The molecule has 0 spiro atoms. The highest BCUT2D eigenvalue weighted by Gasteiger charge is 2.58. The molecule has 2 unspecified atom stereocenters. The number of hydrogen-bond acceptors (Lipinski definition) is 19. The maximum atomic E-state index is 16.9. The summed E-state index contributed by atoms with van der Waals surface area (Å²) in [5, 5.41) is 22.1. The number of amides is 5. The number of hydrogen-bond donors (Lipinski definition) is 7. The first-order chi connectivity index (χ1) is 52.5. The molecular formula is C74H82F10N13O14P. The zero-order valence-corrected chi connectivity index (χ0v) is 62.8. The van der Waals surface area contributed by atoms with Crippen LogP contribution in [0.3, 0.4) is 0 Å². The van der Waals surface area contributed by atoms with E-state index in [4.69, 9.17) is 14.0 Å². The van der Waals surface area contributed by atoms with Crippen molar-refractivity contribution in [1.82, 2.24) is 56.4 Å². The number of ether oxygens (including phenoxy) is 4. The van der Waals surface area contributed by atoms with Gasteiger partial charge in [0.05, 0.1) is 92.6 Å². The Kier molecular flexibility index (Phi) is 26.8. The molecule has 3 aliphatic heterocycles. The molecule has 2 aromatic heterocycles. The Bertz CT molecular complexity index is 4550. The minimum absolute atomic E-state index is 0.00848. The number of phosphoric acid groups is 1. The number of piperazine rings is 1. The number of carbonyl (C=O) groups is 6. The Hall–Kier alpha value is -10.4. The topological polar surface area (TPSA) is 343 Å². The predicted octanol–water partition coefficient (Wildman–Crippen LogP) is 9.44. The van der Waals surface area contributed by atoms with Gasteiger partial charge >= 0.3 is 44.9 Å². The number of rotatable bonds is 29. The van der Waals surface area contributed by atoms with E-state index < -0.39 is 170 Å². The van der Waals surface area contributed by atoms with Crippen molar-refractivity contribution in [3.05, 3.63) is 159 Å². The summed E-state index contributed by atoms with van der Waals surface area (Å²) in [5.74, 6) is -2.91. The fourth-order valence-electron chi connectivity index (χ4n) is 13.4. The van der Waals surface area contributed by atoms with Gasteiger partial charge in [-0.15, -0.1) is 0 Å². The van der Waals surface area contributed by atoms with Crippen molar-refractivity contribution in [2.75, 3.05) is 52.0 Å². The number of fused-ring (bicyclic) bond motifs is 2. The van der Waals surface area contributed by atoms with E-state index in [-0.39, 0.29) is 33.5 Å². The Labute approximate surface area is 636 Å². The number of nitrogens with one attached hydrogen (secondary N) is 5. The second-order valence-corrected chi connectivity index (χ2v) is 30.2. The van der Waals surface area contributed by atoms with Crippen LogP contribution in [0.4, 0.5) is 59.4 Å². The van der Waals surface area contributed by atoms with E-state index in [9.17, 15) is 47.6 Å². The number of alkyl halides is 8. The van der Waals surface area contributed by atoms with Crippen molar-refractivity contribution in [2.45, 2.75) is 160 Å². The molecule has 27 nitrogen and oxygen atoms in total. The molecule has 0 aliphatic carbocycles. The molecule has 5 amide bonds. The van der Waals surface area contributed by atoms with E-state index in [0.717, 1.165) is 39.3 Å². The molecule has 3 fully saturated rings. The maximum Gasteiger partial charge on any atom is 0.524 e. The molecule has 7 N–H and O–H groups in total. The van der Waals surface area contributed by atoms with E-state index >= 15 is 44.7 Å². The monoisotopic (exact) mass is 1600 g/mol. The number of phosphoric ester groups is 1. The van der Waals surface area contributed by atoms with Gasteiger partial charge < -0.3 is 49.6 Å². The summed E-state index contributed by atoms with van der Waals surface area (Å²) in [6.07, 6.45) is -12.7. The van der Waals surface area contributed by atoms with Crippen LogP contribution >= 0.6 is 7.82 Å². The van der Waals surface area contributed by atoms with E-state index in [1.807, 2.05) is 11.4 Å². The molecule has 0 radical (unpaired) electrons. The third-order valence-electron chi connectivity index (χ3n) is 19.6. The van der Waals surface area contributed by atoms with Crippen molar-refractivity contribution in [1.29, 1.82) is 5.26 Å². The zero-order valence-electron chi connectivity index (χ0n) is 61.9. The van der Waals surface area contributed by atoms with Crippen molar-refractivity contribution < 1.29 is 110 Å². The average Bonchev–Trinajstić information content (AvgIpc) is 1.23. The number of halogens is 10. The molecule has 6 aromatic rings. The normalized spacial score (nSPS) is 16.7. The first-order valence-corrected chi connectivity index (χ1v) is 36.4. The number of methoxy groups -OCH3 is 2. The van der Waals surface area contributed by atoms with Crippen LogP contribution in [-0.2, 0) is 74.0 Å². The number of aryl methyl sites for hydroxylation is 1. The first kappa shape index (κ1) is 85.6. The minimum Gasteiger partial charge on any atom is -0.459 e. The number of nitriles is 1. The summed E-state index contributed by atoms with van der Waals surface area (Å²) in [4.78, 5) is 120. The van der Waals surface area contributed by atoms with E-state index in [0.29, 0.717) is 117 Å². The Morgan fingerprint density at radius 2 is 1.29 bits per heavy atom. The van der Waals surface area contributed by atoms with Crippen LogP contribution in [0.5, 0.6) is 5.75 Å². The number of benzene rings is 4. The molecule has 2 bridgehead atoms. The minimum atomic E-state index is -5.55. The summed E-state index contributed by atoms with van der Waals surface area (Å²) in [6.45, 7) is 2.90. The number of anilines is 1. The van der Waals surface area contributed by atoms with Gasteiger partial charge in [0.2, 0.25) is 17.8 Å². The summed E-state index contributed by atoms with van der Waals surface area (Å²) in [6, 6.07) is 12.1. The molecule has 5 heterocycles. The number of alkyl carbamates (subject to hydrolysis) is 2.